The van der Waals surface area contributed by atoms with Crippen LogP contribution in [0.4, 0.5) is 0 Å². The molecule has 0 bridgehead atoms. The average molecular weight is 435 g/mol. The molecule has 1 aromatic carbocycles. The van der Waals surface area contributed by atoms with Gasteiger partial charge in [0.25, 0.3) is 11.8 Å². The number of hydrogen-bond acceptors (Lipinski definition) is 4. The van der Waals surface area contributed by atoms with E-state index in [9.17, 15) is 14.4 Å². The Morgan fingerprint density at radius 3 is 2.30 bits per heavy atom. The normalized spacial score (nSPS) is 25.5. The van der Waals surface area contributed by atoms with Crippen LogP contribution in [0.25, 0.3) is 0 Å². The van der Waals surface area contributed by atoms with Crippen LogP contribution < -0.4 is 0 Å². The first-order valence-corrected chi connectivity index (χ1v) is 11.2. The topological polar surface area (TPSA) is 66.9 Å². The van der Waals surface area contributed by atoms with E-state index < -0.39 is 18.0 Å². The fraction of sp³-hybridized carbons (Fsp3) is 0.609. The highest BCUT2D eigenvalue weighted by atomic mass is 35.5. The van der Waals surface area contributed by atoms with Crippen molar-refractivity contribution >= 4 is 29.4 Å². The third-order valence-corrected chi connectivity index (χ3v) is 6.47. The van der Waals surface area contributed by atoms with Gasteiger partial charge in [0, 0.05) is 35.8 Å². The summed E-state index contributed by atoms with van der Waals surface area (Å²) in [7, 11) is 0. The number of amides is 2. The van der Waals surface area contributed by atoms with Crippen molar-refractivity contribution < 1.29 is 19.1 Å². The first kappa shape index (κ1) is 22.6. The number of halogens is 1. The molecule has 164 valence electrons. The SMILES string of the molecule is C[C@H](OC(=O)[C@@H]1CCCN(C(=O)c2ccc(Cl)cc2)C1)C(=O)N1[C@H](C)CCC[C@H]1C. The molecule has 3 rings (SSSR count). The van der Waals surface area contributed by atoms with E-state index in [1.165, 1.54) is 0 Å². The number of rotatable bonds is 4. The van der Waals surface area contributed by atoms with Crippen LogP contribution in [0.15, 0.2) is 24.3 Å². The van der Waals surface area contributed by atoms with Gasteiger partial charge >= 0.3 is 5.97 Å². The van der Waals surface area contributed by atoms with Crippen LogP contribution in [0.5, 0.6) is 0 Å². The van der Waals surface area contributed by atoms with Gasteiger partial charge in [-0.05, 0) is 77.1 Å². The maximum Gasteiger partial charge on any atom is 0.311 e. The van der Waals surface area contributed by atoms with Gasteiger partial charge in [0.2, 0.25) is 0 Å². The van der Waals surface area contributed by atoms with Gasteiger partial charge in [-0.2, -0.15) is 0 Å². The second kappa shape index (κ2) is 9.82. The molecule has 4 atom stereocenters. The van der Waals surface area contributed by atoms with Crippen LogP contribution in [-0.4, -0.2) is 58.9 Å². The van der Waals surface area contributed by atoms with Gasteiger partial charge in [-0.1, -0.05) is 11.6 Å². The van der Waals surface area contributed by atoms with E-state index in [-0.39, 0.29) is 23.9 Å². The number of esters is 1. The zero-order chi connectivity index (χ0) is 21.8. The van der Waals surface area contributed by atoms with Crippen molar-refractivity contribution in [2.24, 2.45) is 5.92 Å². The Hall–Kier alpha value is -2.08. The maximum absolute atomic E-state index is 12.9. The van der Waals surface area contributed by atoms with E-state index in [2.05, 4.69) is 0 Å². The lowest BCUT2D eigenvalue weighted by molar-refractivity contribution is -0.166. The van der Waals surface area contributed by atoms with Crippen LogP contribution in [0.1, 0.15) is 63.2 Å². The summed E-state index contributed by atoms with van der Waals surface area (Å²) in [6.45, 7) is 6.64. The first-order valence-electron chi connectivity index (χ1n) is 10.9. The van der Waals surface area contributed by atoms with Gasteiger partial charge in [0.05, 0.1) is 5.92 Å². The predicted octanol–water partition coefficient (Wildman–Crippen LogP) is 3.91. The van der Waals surface area contributed by atoms with E-state index in [4.69, 9.17) is 16.3 Å². The molecule has 30 heavy (non-hydrogen) atoms. The quantitative estimate of drug-likeness (QED) is 0.674. The monoisotopic (exact) mass is 434 g/mol. The Balaban J connectivity index is 1.58. The minimum atomic E-state index is -0.817. The van der Waals surface area contributed by atoms with Crippen LogP contribution in [0.3, 0.4) is 0 Å². The maximum atomic E-state index is 12.9. The standard InChI is InChI=1S/C23H31ClN2O4/c1-15-6-4-7-16(2)26(15)21(27)17(3)30-23(29)19-8-5-13-25(14-19)22(28)18-9-11-20(24)12-10-18/h9-12,15-17,19H,4-8,13-14H2,1-3H3/t15-,16-,17+,19-/m1/s1. The number of hydrogen-bond donors (Lipinski definition) is 0. The largest absolute Gasteiger partial charge is 0.452 e. The Morgan fingerprint density at radius 1 is 1.03 bits per heavy atom. The number of ether oxygens (including phenoxy) is 1. The van der Waals surface area contributed by atoms with Gasteiger partial charge in [-0.15, -0.1) is 0 Å². The van der Waals surface area contributed by atoms with E-state index in [0.717, 1.165) is 25.7 Å². The second-order valence-electron chi connectivity index (χ2n) is 8.55. The summed E-state index contributed by atoms with van der Waals surface area (Å²) in [6, 6.07) is 7.05. The van der Waals surface area contributed by atoms with Gasteiger partial charge < -0.3 is 14.5 Å². The summed E-state index contributed by atoms with van der Waals surface area (Å²) in [5.74, 6) is -1.07. The minimum Gasteiger partial charge on any atom is -0.452 e. The van der Waals surface area contributed by atoms with Gasteiger partial charge in [0.1, 0.15) is 0 Å². The van der Waals surface area contributed by atoms with E-state index in [1.807, 2.05) is 18.7 Å². The molecule has 0 aliphatic carbocycles. The zero-order valence-corrected chi connectivity index (χ0v) is 18.7. The van der Waals surface area contributed by atoms with Gasteiger partial charge in [0.15, 0.2) is 6.10 Å². The Bertz CT molecular complexity index is 772. The third-order valence-electron chi connectivity index (χ3n) is 6.22. The summed E-state index contributed by atoms with van der Waals surface area (Å²) in [5, 5.41) is 0.572. The van der Waals surface area contributed by atoms with Crippen LogP contribution in [0, 0.1) is 5.92 Å². The van der Waals surface area contributed by atoms with Crippen molar-refractivity contribution in [1.82, 2.24) is 9.80 Å². The molecule has 6 nitrogen and oxygen atoms in total. The number of nitrogens with zero attached hydrogens (tertiary/aromatic N) is 2. The average Bonchev–Trinajstić information content (AvgIpc) is 2.73. The molecule has 2 fully saturated rings. The molecule has 2 saturated heterocycles. The number of carbonyl (C=O) groups excluding carboxylic acids is 3. The lowest BCUT2D eigenvalue weighted by Gasteiger charge is -2.40. The lowest BCUT2D eigenvalue weighted by Crippen LogP contribution is -2.52. The molecule has 0 saturated carbocycles. The van der Waals surface area contributed by atoms with E-state index in [0.29, 0.717) is 30.1 Å². The highest BCUT2D eigenvalue weighted by molar-refractivity contribution is 6.30. The van der Waals surface area contributed by atoms with E-state index >= 15 is 0 Å². The van der Waals surface area contributed by atoms with Crippen molar-refractivity contribution in [3.8, 4) is 0 Å². The molecule has 0 radical (unpaired) electrons. The smallest absolute Gasteiger partial charge is 0.311 e. The first-order chi connectivity index (χ1) is 14.3. The molecular weight excluding hydrogens is 404 g/mol. The number of piperidine rings is 2. The minimum absolute atomic E-state index is 0.121. The van der Waals surface area contributed by atoms with Crippen molar-refractivity contribution in [1.29, 1.82) is 0 Å². The summed E-state index contributed by atoms with van der Waals surface area (Å²) in [4.78, 5) is 42.0. The van der Waals surface area contributed by atoms with Crippen molar-refractivity contribution in [3.63, 3.8) is 0 Å². The summed E-state index contributed by atoms with van der Waals surface area (Å²) < 4.78 is 5.57. The summed E-state index contributed by atoms with van der Waals surface area (Å²) in [6.07, 6.45) is 3.62. The number of carbonyl (C=O) groups is 3. The fourth-order valence-electron chi connectivity index (χ4n) is 4.52. The lowest BCUT2D eigenvalue weighted by atomic mass is 9.96. The van der Waals surface area contributed by atoms with Gasteiger partial charge in [-0.25, -0.2) is 0 Å². The number of likely N-dealkylation sites (tertiary alicyclic amines) is 2. The molecule has 2 aliphatic rings. The van der Waals surface area contributed by atoms with Crippen molar-refractivity contribution in [2.45, 2.75) is 71.1 Å². The van der Waals surface area contributed by atoms with Crippen molar-refractivity contribution in [3.05, 3.63) is 34.9 Å². The molecule has 0 unspecified atom stereocenters. The molecule has 0 spiro atoms. The molecule has 7 heteroatoms. The van der Waals surface area contributed by atoms with E-state index in [1.54, 1.807) is 36.1 Å². The Morgan fingerprint density at radius 2 is 1.67 bits per heavy atom. The predicted molar refractivity (Wildman–Crippen MR) is 115 cm³/mol. The van der Waals surface area contributed by atoms with Crippen LogP contribution in [0.2, 0.25) is 5.02 Å². The van der Waals surface area contributed by atoms with Crippen LogP contribution in [-0.2, 0) is 14.3 Å². The molecular formula is C23H31ClN2O4. The summed E-state index contributed by atoms with van der Waals surface area (Å²) in [5.41, 5.74) is 0.546. The summed E-state index contributed by atoms with van der Waals surface area (Å²) >= 11 is 5.90. The molecule has 0 N–H and O–H groups in total. The Labute approximate surface area is 183 Å². The molecule has 2 amide bonds. The fourth-order valence-corrected chi connectivity index (χ4v) is 4.64. The van der Waals surface area contributed by atoms with Gasteiger partial charge in [-0.3, -0.25) is 14.4 Å². The number of benzene rings is 1. The molecule has 1 aromatic rings. The second-order valence-corrected chi connectivity index (χ2v) is 8.99. The molecule has 0 aromatic heterocycles. The molecule has 2 heterocycles. The molecule has 2 aliphatic heterocycles. The highest BCUT2D eigenvalue weighted by Gasteiger charge is 2.36. The zero-order valence-electron chi connectivity index (χ0n) is 18.0. The van der Waals surface area contributed by atoms with Crippen LogP contribution >= 0.6 is 11.6 Å². The Kier molecular flexibility index (Phi) is 7.40. The third kappa shape index (κ3) is 5.15. The van der Waals surface area contributed by atoms with Crippen molar-refractivity contribution in [2.75, 3.05) is 13.1 Å². The highest BCUT2D eigenvalue weighted by Crippen LogP contribution is 2.25.